The molecule has 0 aliphatic rings. The van der Waals surface area contributed by atoms with Crippen LogP contribution >= 0.6 is 0 Å². The monoisotopic (exact) mass is 421 g/mol. The standard InChI is InChI=1S/C23H23N3O5/c1-16-24-21-10-9-18(25-22(29)15-31-14-17-6-3-2-4-7-17)12-20(21)23(30)26(16)19(13-28)8-5-11-27/h2-4,6-7,9-13,19H,5,8,14-15H2,1H3,(H,25,29). The Morgan fingerprint density at radius 3 is 2.68 bits per heavy atom. The lowest BCUT2D eigenvalue weighted by Gasteiger charge is -2.16. The Kier molecular flexibility index (Phi) is 7.40. The molecule has 0 saturated carbocycles. The lowest BCUT2D eigenvalue weighted by Crippen LogP contribution is -2.29. The molecule has 1 amide bonds. The molecule has 3 rings (SSSR count). The molecule has 31 heavy (non-hydrogen) atoms. The molecule has 0 spiro atoms. The van der Waals surface area contributed by atoms with Gasteiger partial charge in [-0.15, -0.1) is 0 Å². The van der Waals surface area contributed by atoms with Crippen molar-refractivity contribution >= 4 is 35.1 Å². The summed E-state index contributed by atoms with van der Waals surface area (Å²) in [5.74, 6) is 0.0269. The number of rotatable bonds is 10. The Morgan fingerprint density at radius 1 is 1.19 bits per heavy atom. The number of nitrogens with zero attached hydrogens (tertiary/aromatic N) is 2. The van der Waals surface area contributed by atoms with Gasteiger partial charge in [0.1, 0.15) is 25.0 Å². The van der Waals surface area contributed by atoms with Crippen LogP contribution in [0.1, 0.15) is 30.3 Å². The second-order valence-electron chi connectivity index (χ2n) is 7.04. The van der Waals surface area contributed by atoms with E-state index in [1.807, 2.05) is 30.3 Å². The molecule has 8 nitrogen and oxygen atoms in total. The quantitative estimate of drug-likeness (QED) is 0.504. The van der Waals surface area contributed by atoms with Crippen molar-refractivity contribution in [2.45, 2.75) is 32.4 Å². The molecule has 0 saturated heterocycles. The Labute approximate surface area is 178 Å². The van der Waals surface area contributed by atoms with Crippen LogP contribution in [0, 0.1) is 6.92 Å². The van der Waals surface area contributed by atoms with Crippen molar-refractivity contribution < 1.29 is 19.1 Å². The first-order valence-corrected chi connectivity index (χ1v) is 9.87. The lowest BCUT2D eigenvalue weighted by molar-refractivity contribution is -0.121. The maximum atomic E-state index is 13.0. The van der Waals surface area contributed by atoms with Crippen molar-refractivity contribution in [1.29, 1.82) is 0 Å². The van der Waals surface area contributed by atoms with E-state index >= 15 is 0 Å². The van der Waals surface area contributed by atoms with Crippen LogP contribution in [-0.4, -0.2) is 34.6 Å². The second kappa shape index (κ2) is 10.4. The van der Waals surface area contributed by atoms with E-state index in [-0.39, 0.29) is 30.7 Å². The zero-order valence-electron chi connectivity index (χ0n) is 17.1. The molecule has 0 radical (unpaired) electrons. The number of amides is 1. The molecule has 3 aromatic rings. The van der Waals surface area contributed by atoms with Crippen LogP contribution in [0.2, 0.25) is 0 Å². The minimum Gasteiger partial charge on any atom is -0.367 e. The van der Waals surface area contributed by atoms with E-state index in [1.165, 1.54) is 10.6 Å². The van der Waals surface area contributed by atoms with Crippen molar-refractivity contribution in [1.82, 2.24) is 9.55 Å². The van der Waals surface area contributed by atoms with Crippen LogP contribution in [0.4, 0.5) is 5.69 Å². The van der Waals surface area contributed by atoms with Crippen LogP contribution < -0.4 is 10.9 Å². The third-order valence-corrected chi connectivity index (χ3v) is 4.77. The molecular formula is C23H23N3O5. The molecule has 0 bridgehead atoms. The maximum absolute atomic E-state index is 13.0. The normalized spacial score (nSPS) is 11.8. The fraction of sp³-hybridized carbons (Fsp3) is 0.261. The van der Waals surface area contributed by atoms with Gasteiger partial charge in [0.2, 0.25) is 5.91 Å². The number of benzene rings is 2. The Balaban J connectivity index is 1.76. The highest BCUT2D eigenvalue weighted by Gasteiger charge is 2.17. The number of ether oxygens (including phenoxy) is 1. The molecule has 1 unspecified atom stereocenters. The highest BCUT2D eigenvalue weighted by Crippen LogP contribution is 2.18. The number of carbonyl (C=O) groups is 3. The highest BCUT2D eigenvalue weighted by molar-refractivity contribution is 5.94. The van der Waals surface area contributed by atoms with Crippen LogP contribution in [0.25, 0.3) is 10.9 Å². The van der Waals surface area contributed by atoms with Gasteiger partial charge in [0, 0.05) is 12.1 Å². The Morgan fingerprint density at radius 2 is 1.97 bits per heavy atom. The van der Waals surface area contributed by atoms with Crippen molar-refractivity contribution in [2.75, 3.05) is 11.9 Å². The summed E-state index contributed by atoms with van der Waals surface area (Å²) in [6.07, 6.45) is 1.72. The molecular weight excluding hydrogens is 398 g/mol. The number of hydrogen-bond acceptors (Lipinski definition) is 6. The molecule has 0 aliphatic heterocycles. The number of fused-ring (bicyclic) bond motifs is 1. The number of aryl methyl sites for hydroxylation is 1. The fourth-order valence-electron chi connectivity index (χ4n) is 3.31. The summed E-state index contributed by atoms with van der Waals surface area (Å²) in [5, 5.41) is 2.97. The van der Waals surface area contributed by atoms with Crippen molar-refractivity contribution in [2.24, 2.45) is 0 Å². The van der Waals surface area contributed by atoms with Crippen molar-refractivity contribution in [3.05, 3.63) is 70.3 Å². The van der Waals surface area contributed by atoms with Gasteiger partial charge >= 0.3 is 0 Å². The van der Waals surface area contributed by atoms with Crippen LogP contribution in [0.3, 0.4) is 0 Å². The minimum atomic E-state index is -0.778. The van der Waals surface area contributed by atoms with E-state index in [0.29, 0.717) is 36.2 Å². The second-order valence-corrected chi connectivity index (χ2v) is 7.04. The summed E-state index contributed by atoms with van der Waals surface area (Å²) < 4.78 is 6.71. The smallest absolute Gasteiger partial charge is 0.262 e. The van der Waals surface area contributed by atoms with Gasteiger partial charge < -0.3 is 19.6 Å². The topological polar surface area (TPSA) is 107 Å². The molecule has 1 heterocycles. The maximum Gasteiger partial charge on any atom is 0.262 e. The average Bonchev–Trinajstić information content (AvgIpc) is 2.77. The van der Waals surface area contributed by atoms with Crippen molar-refractivity contribution in [3.8, 4) is 0 Å². The van der Waals surface area contributed by atoms with Gasteiger partial charge in [0.15, 0.2) is 0 Å². The average molecular weight is 421 g/mol. The summed E-state index contributed by atoms with van der Waals surface area (Å²) in [6, 6.07) is 13.5. The summed E-state index contributed by atoms with van der Waals surface area (Å²) in [6.45, 7) is 1.81. The largest absolute Gasteiger partial charge is 0.367 e. The Hall–Kier alpha value is -3.65. The number of nitrogens with one attached hydrogen (secondary N) is 1. The molecule has 160 valence electrons. The van der Waals surface area contributed by atoms with E-state index in [0.717, 1.165) is 5.56 Å². The summed E-state index contributed by atoms with van der Waals surface area (Å²) >= 11 is 0. The predicted molar refractivity (Wildman–Crippen MR) is 116 cm³/mol. The SMILES string of the molecule is Cc1nc2ccc(NC(=O)COCc3ccccc3)cc2c(=O)n1C(C=O)CCC=O. The van der Waals surface area contributed by atoms with Gasteiger partial charge in [-0.3, -0.25) is 14.2 Å². The molecule has 1 atom stereocenters. The third kappa shape index (κ3) is 5.49. The number of aromatic nitrogens is 2. The Bertz CT molecular complexity index is 1140. The fourth-order valence-corrected chi connectivity index (χ4v) is 3.31. The van der Waals surface area contributed by atoms with Gasteiger partial charge in [-0.25, -0.2) is 4.98 Å². The summed E-state index contributed by atoms with van der Waals surface area (Å²) in [4.78, 5) is 51.8. The molecule has 1 N–H and O–H groups in total. The summed E-state index contributed by atoms with van der Waals surface area (Å²) in [5.41, 5.74) is 1.44. The zero-order valence-corrected chi connectivity index (χ0v) is 17.1. The molecule has 8 heteroatoms. The van der Waals surface area contributed by atoms with Crippen LogP contribution in [0.15, 0.2) is 53.3 Å². The van der Waals surface area contributed by atoms with Gasteiger partial charge in [0.05, 0.1) is 23.6 Å². The number of hydrogen-bond donors (Lipinski definition) is 1. The van der Waals surface area contributed by atoms with Gasteiger partial charge in [-0.05, 0) is 37.1 Å². The van der Waals surface area contributed by atoms with E-state index in [2.05, 4.69) is 10.3 Å². The van der Waals surface area contributed by atoms with Crippen LogP contribution in [-0.2, 0) is 25.7 Å². The first-order valence-electron chi connectivity index (χ1n) is 9.87. The number of aldehydes is 2. The predicted octanol–water partition coefficient (Wildman–Crippen LogP) is 2.58. The first kappa shape index (κ1) is 22.0. The third-order valence-electron chi connectivity index (χ3n) is 4.77. The van der Waals surface area contributed by atoms with Crippen molar-refractivity contribution in [3.63, 3.8) is 0 Å². The van der Waals surface area contributed by atoms with Gasteiger partial charge in [-0.1, -0.05) is 30.3 Å². The molecule has 1 aromatic heterocycles. The van der Waals surface area contributed by atoms with Gasteiger partial charge in [-0.2, -0.15) is 0 Å². The first-order chi connectivity index (χ1) is 15.0. The van der Waals surface area contributed by atoms with Crippen LogP contribution in [0.5, 0.6) is 0 Å². The molecule has 0 fully saturated rings. The minimum absolute atomic E-state index is 0.137. The molecule has 2 aromatic carbocycles. The van der Waals surface area contributed by atoms with Gasteiger partial charge in [0.25, 0.3) is 5.56 Å². The lowest BCUT2D eigenvalue weighted by atomic mass is 10.1. The highest BCUT2D eigenvalue weighted by atomic mass is 16.5. The number of anilines is 1. The zero-order chi connectivity index (χ0) is 22.2. The summed E-state index contributed by atoms with van der Waals surface area (Å²) in [7, 11) is 0. The van der Waals surface area contributed by atoms with E-state index in [9.17, 15) is 19.2 Å². The van der Waals surface area contributed by atoms with E-state index in [1.54, 1.807) is 19.1 Å². The van der Waals surface area contributed by atoms with E-state index in [4.69, 9.17) is 4.74 Å². The molecule has 0 aliphatic carbocycles. The number of carbonyl (C=O) groups excluding carboxylic acids is 3. The van der Waals surface area contributed by atoms with E-state index < -0.39 is 11.6 Å².